The van der Waals surface area contributed by atoms with Crippen LogP contribution < -0.4 is 10.6 Å². The van der Waals surface area contributed by atoms with Gasteiger partial charge in [-0.15, -0.1) is 12.4 Å². The van der Waals surface area contributed by atoms with E-state index in [0.29, 0.717) is 6.54 Å². The largest absolute Gasteiger partial charge is 0.348 e. The number of hydrogen-bond acceptors (Lipinski definition) is 2. The fourth-order valence-electron chi connectivity index (χ4n) is 1.93. The molecule has 3 nitrogen and oxygen atoms in total. The molecule has 1 aromatic rings. The maximum absolute atomic E-state index is 13.5. The molecule has 0 aliphatic carbocycles. The second kappa shape index (κ2) is 7.03. The van der Waals surface area contributed by atoms with E-state index in [2.05, 4.69) is 10.6 Å². The molecule has 7 heteroatoms. The molecule has 0 radical (unpaired) electrons. The molecule has 106 valence electrons. The Morgan fingerprint density at radius 2 is 2.11 bits per heavy atom. The Morgan fingerprint density at radius 1 is 1.37 bits per heavy atom. The van der Waals surface area contributed by atoms with Gasteiger partial charge in [-0.05, 0) is 31.5 Å². The van der Waals surface area contributed by atoms with Crippen LogP contribution in [0.25, 0.3) is 0 Å². The van der Waals surface area contributed by atoms with Gasteiger partial charge in [0.15, 0.2) is 0 Å². The van der Waals surface area contributed by atoms with Crippen molar-refractivity contribution in [3.8, 4) is 0 Å². The first-order chi connectivity index (χ1) is 8.58. The second-order valence-corrected chi connectivity index (χ2v) is 4.67. The number of amides is 1. The van der Waals surface area contributed by atoms with E-state index in [1.165, 1.54) is 0 Å². The lowest BCUT2D eigenvalue weighted by Gasteiger charge is -2.23. The van der Waals surface area contributed by atoms with Crippen molar-refractivity contribution in [1.82, 2.24) is 10.6 Å². The van der Waals surface area contributed by atoms with Gasteiger partial charge in [0.05, 0.1) is 10.6 Å². The summed E-state index contributed by atoms with van der Waals surface area (Å²) in [6.45, 7) is 1.56. The highest BCUT2D eigenvalue weighted by Crippen LogP contribution is 2.19. The summed E-state index contributed by atoms with van der Waals surface area (Å²) in [5.74, 6) is -2.23. The van der Waals surface area contributed by atoms with Crippen molar-refractivity contribution < 1.29 is 13.6 Å². The molecule has 0 saturated carbocycles. The Balaban J connectivity index is 0.00000180. The summed E-state index contributed by atoms with van der Waals surface area (Å²) in [4.78, 5) is 11.8. The van der Waals surface area contributed by atoms with Crippen LogP contribution in [0.2, 0.25) is 5.02 Å². The van der Waals surface area contributed by atoms with Crippen LogP contribution in [0, 0.1) is 11.6 Å². The highest BCUT2D eigenvalue weighted by Gasteiger charge is 2.20. The minimum absolute atomic E-state index is 0. The lowest BCUT2D eigenvalue weighted by Crippen LogP contribution is -2.45. The lowest BCUT2D eigenvalue weighted by atomic mass is 10.1. The third-order valence-corrected chi connectivity index (χ3v) is 3.18. The van der Waals surface area contributed by atoms with Crippen molar-refractivity contribution in [2.24, 2.45) is 0 Å². The highest BCUT2D eigenvalue weighted by molar-refractivity contribution is 6.30. The molecule has 0 aromatic heterocycles. The molecule has 19 heavy (non-hydrogen) atoms. The lowest BCUT2D eigenvalue weighted by molar-refractivity contribution is 0.0926. The van der Waals surface area contributed by atoms with Gasteiger partial charge in [0.1, 0.15) is 11.6 Å². The first-order valence-corrected chi connectivity index (χ1v) is 6.12. The maximum Gasteiger partial charge on any atom is 0.254 e. The minimum Gasteiger partial charge on any atom is -0.348 e. The van der Waals surface area contributed by atoms with Crippen molar-refractivity contribution in [2.75, 3.05) is 13.1 Å². The fraction of sp³-hybridized carbons (Fsp3) is 0.417. The molecule has 1 amide bonds. The van der Waals surface area contributed by atoms with E-state index < -0.39 is 17.5 Å². The Bertz CT molecular complexity index is 465. The summed E-state index contributed by atoms with van der Waals surface area (Å²) in [6.07, 6.45) is 1.78. The Labute approximate surface area is 121 Å². The molecule has 2 rings (SSSR count). The Kier molecular flexibility index (Phi) is 5.97. The van der Waals surface area contributed by atoms with E-state index in [1.807, 2.05) is 0 Å². The van der Waals surface area contributed by atoms with Gasteiger partial charge in [-0.2, -0.15) is 0 Å². The van der Waals surface area contributed by atoms with Crippen LogP contribution in [0.4, 0.5) is 8.78 Å². The highest BCUT2D eigenvalue weighted by atomic mass is 35.5. The molecule has 1 aliphatic heterocycles. The van der Waals surface area contributed by atoms with E-state index in [9.17, 15) is 13.6 Å². The number of hydrogen-bond donors (Lipinski definition) is 2. The summed E-state index contributed by atoms with van der Waals surface area (Å²) in [5, 5.41) is 5.46. The predicted octanol–water partition coefficient (Wildman–Crippen LogP) is 2.52. The van der Waals surface area contributed by atoms with E-state index in [4.69, 9.17) is 11.6 Å². The van der Waals surface area contributed by atoms with Gasteiger partial charge in [0, 0.05) is 12.6 Å². The summed E-state index contributed by atoms with van der Waals surface area (Å²) in [6, 6.07) is 1.58. The number of carbonyl (C=O) groups is 1. The van der Waals surface area contributed by atoms with Crippen molar-refractivity contribution in [2.45, 2.75) is 18.9 Å². The minimum atomic E-state index is -0.817. The van der Waals surface area contributed by atoms with Gasteiger partial charge >= 0.3 is 0 Å². The van der Waals surface area contributed by atoms with Gasteiger partial charge in [-0.25, -0.2) is 8.78 Å². The standard InChI is InChI=1S/C12H13ClF2N2O.ClH/c13-9-5-10(14)8(4-11(9)15)12(18)17-7-2-1-3-16-6-7;/h4-5,7,16H,1-3,6H2,(H,17,18);1H. The zero-order chi connectivity index (χ0) is 13.1. The van der Waals surface area contributed by atoms with Gasteiger partial charge in [0.2, 0.25) is 0 Å². The van der Waals surface area contributed by atoms with Gasteiger partial charge in [-0.1, -0.05) is 11.6 Å². The van der Waals surface area contributed by atoms with Crippen LogP contribution in [0.3, 0.4) is 0 Å². The monoisotopic (exact) mass is 310 g/mol. The number of rotatable bonds is 2. The van der Waals surface area contributed by atoms with Gasteiger partial charge in [-0.3, -0.25) is 4.79 Å². The summed E-state index contributed by atoms with van der Waals surface area (Å²) < 4.78 is 26.7. The van der Waals surface area contributed by atoms with Crippen LogP contribution in [0.5, 0.6) is 0 Å². The van der Waals surface area contributed by atoms with Crippen molar-refractivity contribution in [1.29, 1.82) is 0 Å². The number of piperidine rings is 1. The third kappa shape index (κ3) is 4.03. The topological polar surface area (TPSA) is 41.1 Å². The molecule has 1 heterocycles. The third-order valence-electron chi connectivity index (χ3n) is 2.89. The zero-order valence-electron chi connectivity index (χ0n) is 10.0. The second-order valence-electron chi connectivity index (χ2n) is 4.26. The zero-order valence-corrected chi connectivity index (χ0v) is 11.6. The molecule has 1 fully saturated rings. The number of benzene rings is 1. The number of halogens is 4. The molecule has 1 atom stereocenters. The molecule has 1 unspecified atom stereocenters. The number of carbonyl (C=O) groups excluding carboxylic acids is 1. The average molecular weight is 311 g/mol. The van der Waals surface area contributed by atoms with E-state index >= 15 is 0 Å². The molecule has 2 N–H and O–H groups in total. The molecule has 1 aromatic carbocycles. The van der Waals surface area contributed by atoms with Crippen LogP contribution in [-0.2, 0) is 0 Å². The van der Waals surface area contributed by atoms with Crippen LogP contribution in [0.1, 0.15) is 23.2 Å². The van der Waals surface area contributed by atoms with E-state index in [0.717, 1.165) is 31.5 Å². The molecule has 0 spiro atoms. The SMILES string of the molecule is Cl.O=C(NC1CCCNC1)c1cc(F)c(Cl)cc1F. The molecule has 0 bridgehead atoms. The van der Waals surface area contributed by atoms with Crippen molar-refractivity contribution >= 4 is 29.9 Å². The molecular weight excluding hydrogens is 297 g/mol. The molecule has 1 aliphatic rings. The summed E-state index contributed by atoms with van der Waals surface area (Å²) >= 11 is 5.43. The predicted molar refractivity (Wildman–Crippen MR) is 72.0 cm³/mol. The normalized spacial score (nSPS) is 18.6. The van der Waals surface area contributed by atoms with Crippen LogP contribution >= 0.6 is 24.0 Å². The van der Waals surface area contributed by atoms with Crippen molar-refractivity contribution in [3.05, 3.63) is 34.4 Å². The number of nitrogens with one attached hydrogen (secondary N) is 2. The Morgan fingerprint density at radius 3 is 2.74 bits per heavy atom. The summed E-state index contributed by atoms with van der Waals surface area (Å²) in [7, 11) is 0. The van der Waals surface area contributed by atoms with E-state index in [1.54, 1.807) is 0 Å². The summed E-state index contributed by atoms with van der Waals surface area (Å²) in [5.41, 5.74) is -0.317. The maximum atomic E-state index is 13.5. The van der Waals surface area contributed by atoms with Crippen LogP contribution in [-0.4, -0.2) is 25.0 Å². The van der Waals surface area contributed by atoms with Gasteiger partial charge in [0.25, 0.3) is 5.91 Å². The smallest absolute Gasteiger partial charge is 0.254 e. The molecular formula is C12H14Cl2F2N2O. The quantitative estimate of drug-likeness (QED) is 0.824. The molecule has 1 saturated heterocycles. The first kappa shape index (κ1) is 16.1. The van der Waals surface area contributed by atoms with Gasteiger partial charge < -0.3 is 10.6 Å². The van der Waals surface area contributed by atoms with E-state index in [-0.39, 0.29) is 29.0 Å². The van der Waals surface area contributed by atoms with Crippen LogP contribution in [0.15, 0.2) is 12.1 Å². The Hall–Kier alpha value is -0.910. The fourth-order valence-corrected chi connectivity index (χ4v) is 2.09. The van der Waals surface area contributed by atoms with Crippen molar-refractivity contribution in [3.63, 3.8) is 0 Å². The average Bonchev–Trinajstić information content (AvgIpc) is 2.35. The first-order valence-electron chi connectivity index (χ1n) is 5.74.